The lowest BCUT2D eigenvalue weighted by Crippen LogP contribution is -2.50. The van der Waals surface area contributed by atoms with Gasteiger partial charge in [-0.3, -0.25) is 30.0 Å². The molecule has 0 spiro atoms. The van der Waals surface area contributed by atoms with Crippen molar-refractivity contribution in [3.63, 3.8) is 0 Å². The molecule has 0 aliphatic carbocycles. The third-order valence-corrected chi connectivity index (χ3v) is 4.20. The fourth-order valence-electron chi connectivity index (χ4n) is 2.75. The molecule has 0 fully saturated rings. The maximum absolute atomic E-state index is 12.2. The minimum Gasteiger partial charge on any atom is -0.467 e. The normalized spacial score (nSPS) is 10.3. The molecule has 0 aliphatic heterocycles. The molecule has 9 heteroatoms. The minimum atomic E-state index is -1.04. The Morgan fingerprint density at radius 3 is 2.37 bits per heavy atom. The molecular weight excluding hydrogens is 388 g/mol. The lowest BCUT2D eigenvalue weighted by molar-refractivity contribution is -0.141. The van der Waals surface area contributed by atoms with Crippen LogP contribution in [0.3, 0.4) is 0 Å². The lowest BCUT2D eigenvalue weighted by atomic mass is 10.0. The number of hydrogen-bond donors (Lipinski definition) is 4. The average molecular weight is 408 g/mol. The molecule has 0 saturated heterocycles. The Hall–Kier alpha value is -4.14. The zero-order chi connectivity index (χ0) is 21.3. The van der Waals surface area contributed by atoms with E-state index in [0.717, 1.165) is 16.3 Å². The summed E-state index contributed by atoms with van der Waals surface area (Å²) in [4.78, 5) is 47.2. The van der Waals surface area contributed by atoms with Gasteiger partial charge in [0.05, 0.1) is 25.8 Å². The second kappa shape index (κ2) is 9.87. The Morgan fingerprint density at radius 1 is 0.767 bits per heavy atom. The van der Waals surface area contributed by atoms with Crippen LogP contribution in [0.1, 0.15) is 11.3 Å². The van der Waals surface area contributed by atoms with Crippen molar-refractivity contribution in [2.45, 2.75) is 13.0 Å². The monoisotopic (exact) mass is 408 g/mol. The van der Waals surface area contributed by atoms with Crippen molar-refractivity contribution < 1.29 is 23.6 Å². The first-order valence-electron chi connectivity index (χ1n) is 9.15. The second-order valence-corrected chi connectivity index (χ2v) is 6.36. The number of furan rings is 1. The number of hydrazine groups is 1. The van der Waals surface area contributed by atoms with Gasteiger partial charge in [0.25, 0.3) is 5.91 Å². The molecule has 30 heavy (non-hydrogen) atoms. The van der Waals surface area contributed by atoms with E-state index >= 15 is 0 Å². The van der Waals surface area contributed by atoms with Crippen molar-refractivity contribution in [3.05, 3.63) is 72.2 Å². The van der Waals surface area contributed by atoms with Gasteiger partial charge >= 0.3 is 11.8 Å². The highest BCUT2D eigenvalue weighted by Crippen LogP contribution is 2.18. The highest BCUT2D eigenvalue weighted by Gasteiger charge is 2.15. The van der Waals surface area contributed by atoms with Crippen molar-refractivity contribution in [2.75, 3.05) is 6.54 Å². The molecule has 0 bridgehead atoms. The molecule has 0 atom stereocenters. The van der Waals surface area contributed by atoms with E-state index < -0.39 is 17.7 Å². The molecule has 1 aromatic heterocycles. The third kappa shape index (κ3) is 5.68. The standard InChI is InChI=1S/C21H20N4O5/c26-18(11-15-7-3-6-14-5-1-2-9-17(14)15)22-13-19(27)24-25-21(29)20(28)23-12-16-8-4-10-30-16/h1-10H,11-13H2,(H,22,26)(H,23,28)(H,24,27)(H,25,29). The zero-order valence-electron chi connectivity index (χ0n) is 15.9. The van der Waals surface area contributed by atoms with Crippen LogP contribution in [-0.2, 0) is 32.1 Å². The van der Waals surface area contributed by atoms with Gasteiger partial charge in [0.15, 0.2) is 0 Å². The van der Waals surface area contributed by atoms with Crippen molar-refractivity contribution in [2.24, 2.45) is 0 Å². The van der Waals surface area contributed by atoms with E-state index in [2.05, 4.69) is 16.1 Å². The molecule has 3 rings (SSSR count). The summed E-state index contributed by atoms with van der Waals surface area (Å²) in [5.74, 6) is -2.52. The molecule has 0 saturated carbocycles. The molecule has 4 amide bonds. The third-order valence-electron chi connectivity index (χ3n) is 4.20. The van der Waals surface area contributed by atoms with Crippen LogP contribution in [0, 0.1) is 0 Å². The fraction of sp³-hybridized carbons (Fsp3) is 0.143. The SMILES string of the molecule is O=C(Cc1cccc2ccccc12)NCC(=O)NNC(=O)C(=O)NCc1ccco1. The first kappa shape index (κ1) is 20.6. The van der Waals surface area contributed by atoms with Crippen LogP contribution >= 0.6 is 0 Å². The summed E-state index contributed by atoms with van der Waals surface area (Å²) in [7, 11) is 0. The van der Waals surface area contributed by atoms with Gasteiger partial charge in [0, 0.05) is 0 Å². The Morgan fingerprint density at radius 2 is 1.57 bits per heavy atom. The van der Waals surface area contributed by atoms with E-state index in [0.29, 0.717) is 5.76 Å². The van der Waals surface area contributed by atoms with Crippen LogP contribution in [0.2, 0.25) is 0 Å². The Bertz CT molecular complexity index is 1060. The van der Waals surface area contributed by atoms with E-state index in [1.807, 2.05) is 47.9 Å². The molecule has 4 N–H and O–H groups in total. The highest BCUT2D eigenvalue weighted by atomic mass is 16.3. The van der Waals surface area contributed by atoms with Gasteiger partial charge in [-0.05, 0) is 28.5 Å². The van der Waals surface area contributed by atoms with Crippen molar-refractivity contribution in [3.8, 4) is 0 Å². The first-order chi connectivity index (χ1) is 14.5. The number of carbonyl (C=O) groups is 4. The number of carbonyl (C=O) groups excluding carboxylic acids is 4. The number of hydrogen-bond acceptors (Lipinski definition) is 5. The largest absolute Gasteiger partial charge is 0.467 e. The molecule has 3 aromatic rings. The summed E-state index contributed by atoms with van der Waals surface area (Å²) >= 11 is 0. The zero-order valence-corrected chi connectivity index (χ0v) is 15.9. The second-order valence-electron chi connectivity index (χ2n) is 6.36. The van der Waals surface area contributed by atoms with Gasteiger partial charge < -0.3 is 15.1 Å². The lowest BCUT2D eigenvalue weighted by Gasteiger charge is -2.09. The van der Waals surface area contributed by atoms with E-state index in [4.69, 9.17) is 4.42 Å². The summed E-state index contributed by atoms with van der Waals surface area (Å²) in [6.45, 7) is -0.310. The summed E-state index contributed by atoms with van der Waals surface area (Å²) in [6, 6.07) is 16.7. The number of fused-ring (bicyclic) bond motifs is 1. The van der Waals surface area contributed by atoms with Crippen LogP contribution in [-0.4, -0.2) is 30.2 Å². The van der Waals surface area contributed by atoms with Gasteiger partial charge in [0.2, 0.25) is 5.91 Å². The molecule has 2 aromatic carbocycles. The van der Waals surface area contributed by atoms with E-state index in [-0.39, 0.29) is 25.4 Å². The molecule has 1 heterocycles. The topological polar surface area (TPSA) is 130 Å². The fourth-order valence-corrected chi connectivity index (χ4v) is 2.75. The van der Waals surface area contributed by atoms with Gasteiger partial charge in [0.1, 0.15) is 5.76 Å². The number of benzene rings is 2. The van der Waals surface area contributed by atoms with Crippen LogP contribution < -0.4 is 21.5 Å². The summed E-state index contributed by atoms with van der Waals surface area (Å²) in [5, 5.41) is 6.80. The van der Waals surface area contributed by atoms with Gasteiger partial charge in [-0.25, -0.2) is 0 Å². The van der Waals surface area contributed by atoms with Crippen LogP contribution in [0.4, 0.5) is 0 Å². The van der Waals surface area contributed by atoms with Crippen LogP contribution in [0.5, 0.6) is 0 Å². The smallest absolute Gasteiger partial charge is 0.327 e. The molecule has 154 valence electrons. The summed E-state index contributed by atoms with van der Waals surface area (Å²) in [5.41, 5.74) is 4.89. The van der Waals surface area contributed by atoms with E-state index in [1.165, 1.54) is 6.26 Å². The van der Waals surface area contributed by atoms with Crippen LogP contribution in [0.25, 0.3) is 10.8 Å². The highest BCUT2D eigenvalue weighted by molar-refractivity contribution is 6.35. The molecule has 0 unspecified atom stereocenters. The minimum absolute atomic E-state index is 0.0391. The van der Waals surface area contributed by atoms with Gasteiger partial charge in [-0.2, -0.15) is 0 Å². The number of nitrogens with one attached hydrogen (secondary N) is 4. The maximum Gasteiger partial charge on any atom is 0.327 e. The predicted molar refractivity (Wildman–Crippen MR) is 108 cm³/mol. The molecule has 0 radical (unpaired) electrons. The molecule has 0 aliphatic rings. The maximum atomic E-state index is 12.2. The Kier molecular flexibility index (Phi) is 6.78. The van der Waals surface area contributed by atoms with E-state index in [9.17, 15) is 19.2 Å². The summed E-state index contributed by atoms with van der Waals surface area (Å²) in [6.07, 6.45) is 1.55. The van der Waals surface area contributed by atoms with Crippen molar-refractivity contribution in [1.29, 1.82) is 0 Å². The van der Waals surface area contributed by atoms with Gasteiger partial charge in [-0.1, -0.05) is 42.5 Å². The number of amides is 4. The van der Waals surface area contributed by atoms with Crippen molar-refractivity contribution in [1.82, 2.24) is 21.5 Å². The Labute approximate surface area is 171 Å². The summed E-state index contributed by atoms with van der Waals surface area (Å²) < 4.78 is 5.03. The quantitative estimate of drug-likeness (QED) is 0.350. The molecule has 9 nitrogen and oxygen atoms in total. The number of rotatable bonds is 6. The average Bonchev–Trinajstić information content (AvgIpc) is 3.28. The predicted octanol–water partition coefficient (Wildman–Crippen LogP) is 0.555. The van der Waals surface area contributed by atoms with Gasteiger partial charge in [-0.15, -0.1) is 0 Å². The van der Waals surface area contributed by atoms with E-state index in [1.54, 1.807) is 12.1 Å². The Balaban J connectivity index is 1.39. The van der Waals surface area contributed by atoms with Crippen LogP contribution in [0.15, 0.2) is 65.3 Å². The molecular formula is C21H20N4O5. The first-order valence-corrected chi connectivity index (χ1v) is 9.15. The van der Waals surface area contributed by atoms with Crippen molar-refractivity contribution >= 4 is 34.4 Å².